The molecule has 0 aliphatic carbocycles. The van der Waals surface area contributed by atoms with Gasteiger partial charge >= 0.3 is 0 Å². The van der Waals surface area contributed by atoms with Crippen molar-refractivity contribution in [3.05, 3.63) is 70.8 Å². The van der Waals surface area contributed by atoms with E-state index < -0.39 is 0 Å². The van der Waals surface area contributed by atoms with E-state index in [0.717, 1.165) is 15.9 Å². The minimum absolute atomic E-state index is 0.232. The summed E-state index contributed by atoms with van der Waals surface area (Å²) in [5.41, 5.74) is 1.76. The summed E-state index contributed by atoms with van der Waals surface area (Å²) in [6, 6.07) is 18.1. The Morgan fingerprint density at radius 2 is 1.80 bits per heavy atom. The van der Waals surface area contributed by atoms with Crippen LogP contribution in [-0.4, -0.2) is 23.2 Å². The Balaban J connectivity index is 1.65. The lowest BCUT2D eigenvalue weighted by Gasteiger charge is -2.07. The molecule has 0 saturated heterocycles. The van der Waals surface area contributed by atoms with Gasteiger partial charge in [0.25, 0.3) is 5.91 Å². The van der Waals surface area contributed by atoms with Crippen LogP contribution in [0.5, 0.6) is 5.75 Å². The molecule has 6 nitrogen and oxygen atoms in total. The standard InChI is InChI=1S/C18H15BrN4O2/c1-25-15-7-5-13(6-8-15)21-18(24)16-9-10-17(23-22-16)20-14-4-2-3-12(19)11-14/h2-11H,1H3,(H,20,23)(H,21,24). The van der Waals surface area contributed by atoms with Crippen molar-refractivity contribution in [2.24, 2.45) is 0 Å². The summed E-state index contributed by atoms with van der Waals surface area (Å²) in [5.74, 6) is 0.950. The minimum atomic E-state index is -0.327. The van der Waals surface area contributed by atoms with Crippen LogP contribution in [0, 0.1) is 0 Å². The average molecular weight is 399 g/mol. The Morgan fingerprint density at radius 3 is 2.44 bits per heavy atom. The van der Waals surface area contributed by atoms with Gasteiger partial charge in [0.1, 0.15) is 5.75 Å². The van der Waals surface area contributed by atoms with Crippen LogP contribution in [0.3, 0.4) is 0 Å². The maximum absolute atomic E-state index is 12.2. The molecule has 126 valence electrons. The zero-order valence-electron chi connectivity index (χ0n) is 13.4. The van der Waals surface area contributed by atoms with Crippen molar-refractivity contribution in [3.8, 4) is 5.75 Å². The van der Waals surface area contributed by atoms with E-state index >= 15 is 0 Å². The highest BCUT2D eigenvalue weighted by Gasteiger charge is 2.09. The largest absolute Gasteiger partial charge is 0.497 e. The summed E-state index contributed by atoms with van der Waals surface area (Å²) in [7, 11) is 1.59. The molecule has 0 fully saturated rings. The number of methoxy groups -OCH3 is 1. The van der Waals surface area contributed by atoms with Crippen LogP contribution in [0.2, 0.25) is 0 Å². The van der Waals surface area contributed by atoms with Crippen molar-refractivity contribution in [2.45, 2.75) is 0 Å². The predicted molar refractivity (Wildman–Crippen MR) is 100 cm³/mol. The number of hydrogen-bond donors (Lipinski definition) is 2. The van der Waals surface area contributed by atoms with Gasteiger partial charge in [0.15, 0.2) is 11.5 Å². The van der Waals surface area contributed by atoms with Gasteiger partial charge in [-0.1, -0.05) is 22.0 Å². The van der Waals surface area contributed by atoms with Gasteiger partial charge in [0, 0.05) is 15.8 Å². The van der Waals surface area contributed by atoms with E-state index in [0.29, 0.717) is 11.5 Å². The number of nitrogens with zero attached hydrogens (tertiary/aromatic N) is 2. The molecule has 1 amide bonds. The maximum Gasteiger partial charge on any atom is 0.276 e. The van der Waals surface area contributed by atoms with Gasteiger partial charge in [-0.15, -0.1) is 10.2 Å². The molecule has 3 aromatic rings. The second-order valence-corrected chi connectivity index (χ2v) is 6.04. The zero-order valence-corrected chi connectivity index (χ0v) is 14.9. The molecule has 0 bridgehead atoms. The van der Waals surface area contributed by atoms with Crippen molar-refractivity contribution in [1.29, 1.82) is 0 Å². The fourth-order valence-corrected chi connectivity index (χ4v) is 2.50. The molecule has 0 aliphatic heterocycles. The van der Waals surface area contributed by atoms with E-state index in [2.05, 4.69) is 36.8 Å². The third kappa shape index (κ3) is 4.54. The van der Waals surface area contributed by atoms with E-state index in [1.165, 1.54) is 0 Å². The summed E-state index contributed by atoms with van der Waals surface area (Å²) in [6.45, 7) is 0. The SMILES string of the molecule is COc1ccc(NC(=O)c2ccc(Nc3cccc(Br)c3)nn2)cc1. The first-order valence-corrected chi connectivity index (χ1v) is 8.25. The number of carbonyl (C=O) groups is 1. The van der Waals surface area contributed by atoms with E-state index in [4.69, 9.17) is 4.74 Å². The minimum Gasteiger partial charge on any atom is -0.497 e. The molecule has 2 N–H and O–H groups in total. The van der Waals surface area contributed by atoms with Crippen molar-refractivity contribution >= 4 is 39.0 Å². The third-order valence-corrected chi connectivity index (χ3v) is 3.84. The van der Waals surface area contributed by atoms with Gasteiger partial charge in [-0.2, -0.15) is 0 Å². The van der Waals surface area contributed by atoms with Gasteiger partial charge in [0.2, 0.25) is 0 Å². The lowest BCUT2D eigenvalue weighted by molar-refractivity contribution is 0.102. The van der Waals surface area contributed by atoms with Crippen LogP contribution in [0.4, 0.5) is 17.2 Å². The summed E-state index contributed by atoms with van der Waals surface area (Å²) < 4.78 is 6.04. The normalized spacial score (nSPS) is 10.2. The third-order valence-electron chi connectivity index (χ3n) is 3.34. The molecule has 25 heavy (non-hydrogen) atoms. The number of aromatic nitrogens is 2. The number of ether oxygens (including phenoxy) is 1. The molecule has 0 spiro atoms. The van der Waals surface area contributed by atoms with Crippen molar-refractivity contribution < 1.29 is 9.53 Å². The fraction of sp³-hybridized carbons (Fsp3) is 0.0556. The molecule has 0 aliphatic rings. The first kappa shape index (κ1) is 16.9. The monoisotopic (exact) mass is 398 g/mol. The van der Waals surface area contributed by atoms with Gasteiger partial charge in [-0.25, -0.2) is 0 Å². The van der Waals surface area contributed by atoms with Gasteiger partial charge in [-0.05, 0) is 54.6 Å². The highest BCUT2D eigenvalue weighted by atomic mass is 79.9. The Bertz CT molecular complexity index is 867. The molecule has 7 heteroatoms. The number of anilines is 3. The van der Waals surface area contributed by atoms with Crippen LogP contribution >= 0.6 is 15.9 Å². The smallest absolute Gasteiger partial charge is 0.276 e. The van der Waals surface area contributed by atoms with E-state index in [1.54, 1.807) is 43.5 Å². The number of nitrogens with one attached hydrogen (secondary N) is 2. The zero-order chi connectivity index (χ0) is 17.6. The highest BCUT2D eigenvalue weighted by molar-refractivity contribution is 9.10. The number of hydrogen-bond acceptors (Lipinski definition) is 5. The number of halogens is 1. The average Bonchev–Trinajstić information content (AvgIpc) is 2.63. The molecule has 1 heterocycles. The van der Waals surface area contributed by atoms with Crippen molar-refractivity contribution in [1.82, 2.24) is 10.2 Å². The Kier molecular flexibility index (Phi) is 5.25. The summed E-state index contributed by atoms with van der Waals surface area (Å²) in [6.07, 6.45) is 0. The van der Waals surface area contributed by atoms with Crippen LogP contribution in [0.1, 0.15) is 10.5 Å². The topological polar surface area (TPSA) is 76.1 Å². The lowest BCUT2D eigenvalue weighted by Crippen LogP contribution is -2.14. The molecule has 0 atom stereocenters. The Hall–Kier alpha value is -2.93. The van der Waals surface area contributed by atoms with Gasteiger partial charge < -0.3 is 15.4 Å². The highest BCUT2D eigenvalue weighted by Crippen LogP contribution is 2.19. The van der Waals surface area contributed by atoms with Gasteiger partial charge in [0.05, 0.1) is 7.11 Å². The quantitative estimate of drug-likeness (QED) is 0.671. The molecule has 0 radical (unpaired) electrons. The van der Waals surface area contributed by atoms with Crippen LogP contribution < -0.4 is 15.4 Å². The lowest BCUT2D eigenvalue weighted by atomic mass is 10.3. The van der Waals surface area contributed by atoms with Crippen LogP contribution in [-0.2, 0) is 0 Å². The number of rotatable bonds is 5. The molecule has 3 rings (SSSR count). The second kappa shape index (κ2) is 7.76. The molecular formula is C18H15BrN4O2. The van der Waals surface area contributed by atoms with E-state index in [1.807, 2.05) is 24.3 Å². The van der Waals surface area contributed by atoms with Crippen molar-refractivity contribution in [3.63, 3.8) is 0 Å². The predicted octanol–water partition coefficient (Wildman–Crippen LogP) is 4.24. The van der Waals surface area contributed by atoms with Crippen LogP contribution in [0.25, 0.3) is 0 Å². The fourth-order valence-electron chi connectivity index (χ4n) is 2.10. The summed E-state index contributed by atoms with van der Waals surface area (Å²) in [4.78, 5) is 12.2. The van der Waals surface area contributed by atoms with E-state index in [9.17, 15) is 4.79 Å². The van der Waals surface area contributed by atoms with Crippen molar-refractivity contribution in [2.75, 3.05) is 17.7 Å². The molecule has 2 aromatic carbocycles. The Morgan fingerprint density at radius 1 is 1.00 bits per heavy atom. The van der Waals surface area contributed by atoms with Crippen LogP contribution in [0.15, 0.2) is 65.1 Å². The number of amides is 1. The van der Waals surface area contributed by atoms with E-state index in [-0.39, 0.29) is 11.6 Å². The number of benzene rings is 2. The first-order valence-electron chi connectivity index (χ1n) is 7.46. The second-order valence-electron chi connectivity index (χ2n) is 5.12. The molecule has 0 unspecified atom stereocenters. The maximum atomic E-state index is 12.2. The first-order chi connectivity index (χ1) is 12.1. The van der Waals surface area contributed by atoms with Gasteiger partial charge in [-0.3, -0.25) is 4.79 Å². The molecule has 0 saturated carbocycles. The summed E-state index contributed by atoms with van der Waals surface area (Å²) in [5, 5.41) is 13.9. The summed E-state index contributed by atoms with van der Waals surface area (Å²) >= 11 is 3.41. The number of carbonyl (C=O) groups excluding carboxylic acids is 1. The Labute approximate surface area is 153 Å². The molecule has 1 aromatic heterocycles. The molecular weight excluding hydrogens is 384 g/mol.